The number of hydrogen-bond acceptors (Lipinski definition) is 3. The summed E-state index contributed by atoms with van der Waals surface area (Å²) in [6.45, 7) is 0.469. The maximum absolute atomic E-state index is 12.5. The molecule has 0 radical (unpaired) electrons. The summed E-state index contributed by atoms with van der Waals surface area (Å²) in [7, 11) is 1.58. The fourth-order valence-electron chi connectivity index (χ4n) is 3.22. The van der Waals surface area contributed by atoms with Gasteiger partial charge in [0, 0.05) is 30.1 Å². The lowest BCUT2D eigenvalue weighted by Crippen LogP contribution is -2.26. The number of carbonyl (C=O) groups excluding carboxylic acids is 2. The average molecular weight is 336 g/mol. The van der Waals surface area contributed by atoms with Crippen LogP contribution in [0, 0.1) is 0 Å². The lowest BCUT2D eigenvalue weighted by atomic mass is 9.90. The molecule has 2 aromatic rings. The van der Waals surface area contributed by atoms with Gasteiger partial charge in [-0.3, -0.25) is 9.59 Å². The first kappa shape index (κ1) is 15.7. The van der Waals surface area contributed by atoms with Crippen LogP contribution < -0.4 is 15.4 Å². The van der Waals surface area contributed by atoms with Crippen molar-refractivity contribution in [3.8, 4) is 5.75 Å². The van der Waals surface area contributed by atoms with Crippen LogP contribution in [0.2, 0.25) is 0 Å². The standard InChI is InChI=1S/C20H20N2O3/c1-21-20(24)16-10-13(19(23)22-14-7-8-14)9-15-17(11-25-18(15)16)12-5-3-2-4-6-12/h2-6,9-10,14,17H,7-8,11H2,1H3,(H,21,24)(H,22,23). The van der Waals surface area contributed by atoms with Crippen molar-refractivity contribution in [1.82, 2.24) is 10.6 Å². The average Bonchev–Trinajstić information content (AvgIpc) is 3.36. The first-order valence-corrected chi connectivity index (χ1v) is 8.56. The van der Waals surface area contributed by atoms with Crippen LogP contribution in [0.4, 0.5) is 0 Å². The predicted molar refractivity (Wildman–Crippen MR) is 94.1 cm³/mol. The molecule has 128 valence electrons. The Morgan fingerprint density at radius 2 is 1.84 bits per heavy atom. The number of nitrogens with one attached hydrogen (secondary N) is 2. The fraction of sp³-hybridized carbons (Fsp3) is 0.300. The number of ether oxygens (including phenoxy) is 1. The van der Waals surface area contributed by atoms with E-state index in [-0.39, 0.29) is 23.8 Å². The van der Waals surface area contributed by atoms with Crippen LogP contribution in [0.15, 0.2) is 42.5 Å². The van der Waals surface area contributed by atoms with Crippen molar-refractivity contribution in [2.45, 2.75) is 24.8 Å². The van der Waals surface area contributed by atoms with Gasteiger partial charge in [-0.1, -0.05) is 30.3 Å². The number of amides is 2. The van der Waals surface area contributed by atoms with Crippen molar-refractivity contribution in [1.29, 1.82) is 0 Å². The third kappa shape index (κ3) is 2.97. The van der Waals surface area contributed by atoms with E-state index in [2.05, 4.69) is 10.6 Å². The molecule has 2 amide bonds. The van der Waals surface area contributed by atoms with Gasteiger partial charge in [0.15, 0.2) is 0 Å². The lowest BCUT2D eigenvalue weighted by Gasteiger charge is -2.13. The summed E-state index contributed by atoms with van der Waals surface area (Å²) >= 11 is 0. The summed E-state index contributed by atoms with van der Waals surface area (Å²) < 4.78 is 5.86. The highest BCUT2D eigenvalue weighted by Gasteiger charge is 2.32. The third-order valence-electron chi connectivity index (χ3n) is 4.74. The molecule has 1 unspecified atom stereocenters. The Hall–Kier alpha value is -2.82. The minimum absolute atomic E-state index is 0.0216. The Morgan fingerprint density at radius 1 is 1.08 bits per heavy atom. The zero-order valence-electron chi connectivity index (χ0n) is 14.0. The van der Waals surface area contributed by atoms with Gasteiger partial charge >= 0.3 is 0 Å². The highest BCUT2D eigenvalue weighted by atomic mass is 16.5. The molecule has 1 atom stereocenters. The van der Waals surface area contributed by atoms with E-state index in [0.717, 1.165) is 24.0 Å². The normalized spacial score (nSPS) is 18.2. The van der Waals surface area contributed by atoms with Gasteiger partial charge < -0.3 is 15.4 Å². The number of carbonyl (C=O) groups is 2. The van der Waals surface area contributed by atoms with E-state index in [0.29, 0.717) is 23.5 Å². The summed E-state index contributed by atoms with van der Waals surface area (Å²) in [5, 5.41) is 5.62. The minimum atomic E-state index is -0.244. The second kappa shape index (κ2) is 6.24. The zero-order valence-corrected chi connectivity index (χ0v) is 14.0. The summed E-state index contributed by atoms with van der Waals surface area (Å²) in [5.41, 5.74) is 2.94. The van der Waals surface area contributed by atoms with Crippen molar-refractivity contribution in [3.05, 3.63) is 64.7 Å². The number of hydrogen-bond donors (Lipinski definition) is 2. The number of rotatable bonds is 4. The van der Waals surface area contributed by atoms with Crippen LogP contribution in [0.3, 0.4) is 0 Å². The second-order valence-electron chi connectivity index (χ2n) is 6.54. The van der Waals surface area contributed by atoms with Crippen molar-refractivity contribution in [2.75, 3.05) is 13.7 Å². The quantitative estimate of drug-likeness (QED) is 0.901. The van der Waals surface area contributed by atoms with Gasteiger partial charge in [0.05, 0.1) is 12.2 Å². The van der Waals surface area contributed by atoms with E-state index in [9.17, 15) is 9.59 Å². The van der Waals surface area contributed by atoms with Crippen molar-refractivity contribution >= 4 is 11.8 Å². The van der Waals surface area contributed by atoms with Gasteiger partial charge in [0.1, 0.15) is 5.75 Å². The molecule has 1 aliphatic carbocycles. The maximum atomic E-state index is 12.5. The number of fused-ring (bicyclic) bond motifs is 1. The molecule has 0 saturated heterocycles. The molecule has 25 heavy (non-hydrogen) atoms. The van der Waals surface area contributed by atoms with Crippen LogP contribution in [0.1, 0.15) is 50.6 Å². The van der Waals surface area contributed by atoms with Crippen molar-refractivity contribution in [2.24, 2.45) is 0 Å². The molecule has 1 saturated carbocycles. The highest BCUT2D eigenvalue weighted by Crippen LogP contribution is 2.41. The van der Waals surface area contributed by atoms with Gasteiger partial charge in [-0.2, -0.15) is 0 Å². The highest BCUT2D eigenvalue weighted by molar-refractivity contribution is 6.02. The van der Waals surface area contributed by atoms with Gasteiger partial charge in [0.25, 0.3) is 11.8 Å². The molecule has 2 aromatic carbocycles. The molecule has 0 spiro atoms. The Bertz CT molecular complexity index is 828. The Labute approximate surface area is 146 Å². The smallest absolute Gasteiger partial charge is 0.254 e. The molecule has 1 heterocycles. The molecule has 1 aliphatic heterocycles. The van der Waals surface area contributed by atoms with E-state index in [1.807, 2.05) is 36.4 Å². The maximum Gasteiger partial charge on any atom is 0.254 e. The zero-order chi connectivity index (χ0) is 17.4. The molecule has 5 nitrogen and oxygen atoms in total. The molecular formula is C20H20N2O3. The minimum Gasteiger partial charge on any atom is -0.491 e. The van der Waals surface area contributed by atoms with Crippen LogP contribution in [0.5, 0.6) is 5.75 Å². The summed E-state index contributed by atoms with van der Waals surface area (Å²) in [6.07, 6.45) is 2.05. The SMILES string of the molecule is CNC(=O)c1cc(C(=O)NC2CC2)cc2c1OCC2c1ccccc1. The first-order chi connectivity index (χ1) is 12.2. The molecule has 2 N–H and O–H groups in total. The molecular weight excluding hydrogens is 316 g/mol. The molecule has 2 aliphatic rings. The van der Waals surface area contributed by atoms with Crippen LogP contribution >= 0.6 is 0 Å². The van der Waals surface area contributed by atoms with Crippen LogP contribution in [0.25, 0.3) is 0 Å². The van der Waals surface area contributed by atoms with Gasteiger partial charge in [-0.15, -0.1) is 0 Å². The van der Waals surface area contributed by atoms with E-state index in [1.54, 1.807) is 13.1 Å². The first-order valence-electron chi connectivity index (χ1n) is 8.56. The topological polar surface area (TPSA) is 67.4 Å². The fourth-order valence-corrected chi connectivity index (χ4v) is 3.22. The number of benzene rings is 2. The summed E-state index contributed by atoms with van der Waals surface area (Å²) in [4.78, 5) is 24.8. The summed E-state index contributed by atoms with van der Waals surface area (Å²) in [5.74, 6) is 0.227. The second-order valence-corrected chi connectivity index (χ2v) is 6.54. The third-order valence-corrected chi connectivity index (χ3v) is 4.74. The van der Waals surface area contributed by atoms with E-state index >= 15 is 0 Å². The molecule has 4 rings (SSSR count). The Morgan fingerprint density at radius 3 is 2.52 bits per heavy atom. The predicted octanol–water partition coefficient (Wildman–Crippen LogP) is 2.46. The lowest BCUT2D eigenvalue weighted by molar-refractivity contribution is 0.0951. The molecule has 0 bridgehead atoms. The van der Waals surface area contributed by atoms with E-state index in [4.69, 9.17) is 4.74 Å². The monoisotopic (exact) mass is 336 g/mol. The molecule has 1 fully saturated rings. The molecule has 5 heteroatoms. The molecule has 0 aromatic heterocycles. The Kier molecular flexibility index (Phi) is 3.92. The van der Waals surface area contributed by atoms with Crippen molar-refractivity contribution in [3.63, 3.8) is 0 Å². The van der Waals surface area contributed by atoms with Crippen LogP contribution in [-0.2, 0) is 0 Å². The van der Waals surface area contributed by atoms with E-state index < -0.39 is 0 Å². The van der Waals surface area contributed by atoms with Crippen molar-refractivity contribution < 1.29 is 14.3 Å². The van der Waals surface area contributed by atoms with Crippen LogP contribution in [-0.4, -0.2) is 31.5 Å². The Balaban J connectivity index is 1.78. The largest absolute Gasteiger partial charge is 0.491 e. The van der Waals surface area contributed by atoms with Gasteiger partial charge in [0.2, 0.25) is 0 Å². The van der Waals surface area contributed by atoms with Gasteiger partial charge in [-0.05, 0) is 30.5 Å². The summed E-state index contributed by atoms with van der Waals surface area (Å²) in [6, 6.07) is 13.8. The van der Waals surface area contributed by atoms with E-state index in [1.165, 1.54) is 0 Å². The van der Waals surface area contributed by atoms with Gasteiger partial charge in [-0.25, -0.2) is 0 Å².